The van der Waals surface area contributed by atoms with Gasteiger partial charge in [-0.15, -0.1) is 0 Å². The Balaban J connectivity index is 0.864. The Kier molecular flexibility index (Phi) is 13.3. The molecule has 1 N–H and O–H groups in total. The van der Waals surface area contributed by atoms with Crippen LogP contribution in [0, 0.1) is 51.8 Å². The minimum atomic E-state index is -6.18. The van der Waals surface area contributed by atoms with E-state index in [0.717, 1.165) is 0 Å². The standard InChI is InChI=1S/C47H58F10O15S/c48-42(49)22-66-33(67-23-43(42,50)51)29-7-26-3-1-5-39(11-26,14-29)35(58)68-20-38(18-64-34(65-19-38)30-8-27-4-2-6-41(13-27,15-30)72-37(60)47(56,57)73(61,62)63)21-69-36(59)40-12-28-9-31(16-40)46(32(10-28)17-40)70-24-44(52,53)45(54,55)25-71-46/h8,26,28-34H,1-7,9-25H2,(H,61,62,63). The number of fused-ring (bicyclic) bond motifs is 4. The average Bonchev–Trinajstić information content (AvgIpc) is 3.48. The van der Waals surface area contributed by atoms with Gasteiger partial charge in [-0.25, -0.2) is 4.79 Å². The molecular formula is C47H58F10O15S. The number of rotatable bonds is 11. The molecule has 3 saturated heterocycles. The van der Waals surface area contributed by atoms with Gasteiger partial charge < -0.3 is 42.6 Å². The van der Waals surface area contributed by atoms with Gasteiger partial charge in [-0.05, 0) is 95.3 Å². The topological polar surface area (TPSA) is 189 Å². The molecule has 7 saturated carbocycles. The maximum atomic E-state index is 14.5. The van der Waals surface area contributed by atoms with Gasteiger partial charge in [0.25, 0.3) is 0 Å². The van der Waals surface area contributed by atoms with Crippen LogP contribution >= 0.6 is 0 Å². The van der Waals surface area contributed by atoms with Crippen molar-refractivity contribution >= 4 is 28.0 Å². The van der Waals surface area contributed by atoms with E-state index in [4.69, 9.17) is 47.2 Å². The first-order valence-electron chi connectivity index (χ1n) is 24.8. The summed E-state index contributed by atoms with van der Waals surface area (Å²) in [5.74, 6) is -26.8. The van der Waals surface area contributed by atoms with E-state index in [1.54, 1.807) is 6.08 Å². The number of carbonyl (C=O) groups excluding carboxylic acids is 3. The van der Waals surface area contributed by atoms with Gasteiger partial charge in [-0.2, -0.15) is 52.3 Å². The number of alkyl halides is 10. The average molecular weight is 1090 g/mol. The maximum Gasteiger partial charge on any atom is 0.465 e. The summed E-state index contributed by atoms with van der Waals surface area (Å²) in [5.41, 5.74) is -4.83. The van der Waals surface area contributed by atoms with Gasteiger partial charge in [-0.3, -0.25) is 14.1 Å². The monoisotopic (exact) mass is 1080 g/mol. The highest BCUT2D eigenvalue weighted by Crippen LogP contribution is 2.66. The molecule has 11 rings (SSSR count). The van der Waals surface area contributed by atoms with E-state index in [-0.39, 0.29) is 63.6 Å². The molecular weight excluding hydrogens is 1030 g/mol. The first kappa shape index (κ1) is 53.5. The zero-order chi connectivity index (χ0) is 52.5. The highest BCUT2D eigenvalue weighted by molar-refractivity contribution is 7.87. The van der Waals surface area contributed by atoms with Gasteiger partial charge in [0, 0.05) is 30.1 Å². The summed E-state index contributed by atoms with van der Waals surface area (Å²) in [7, 11) is -6.18. The molecule has 7 atom stereocenters. The number of hydrogen-bond donors (Lipinski definition) is 1. The van der Waals surface area contributed by atoms with Crippen LogP contribution in [0.5, 0.6) is 0 Å². The van der Waals surface area contributed by atoms with E-state index in [1.165, 1.54) is 0 Å². The summed E-state index contributed by atoms with van der Waals surface area (Å²) in [4.78, 5) is 41.6. The molecule has 1 spiro atoms. The van der Waals surface area contributed by atoms with E-state index in [2.05, 4.69) is 0 Å². The van der Waals surface area contributed by atoms with Crippen molar-refractivity contribution in [3.05, 3.63) is 11.6 Å². The fourth-order valence-corrected chi connectivity index (χ4v) is 14.6. The molecule has 0 radical (unpaired) electrons. The third-order valence-corrected chi connectivity index (χ3v) is 18.6. The quantitative estimate of drug-likeness (QED) is 0.0694. The van der Waals surface area contributed by atoms with Crippen LogP contribution in [-0.2, 0) is 67.1 Å². The van der Waals surface area contributed by atoms with Crippen molar-refractivity contribution in [3.8, 4) is 0 Å². The Bertz CT molecular complexity index is 2240. The normalized spacial score (nSPS) is 41.4. The molecule has 8 bridgehead atoms. The van der Waals surface area contributed by atoms with Gasteiger partial charge >= 0.3 is 57.0 Å². The number of ether oxygens (including phenoxy) is 9. The van der Waals surface area contributed by atoms with Crippen LogP contribution in [0.2, 0.25) is 0 Å². The first-order valence-corrected chi connectivity index (χ1v) is 26.3. The van der Waals surface area contributed by atoms with Crippen LogP contribution in [0.4, 0.5) is 43.9 Å². The molecule has 412 valence electrons. The Morgan fingerprint density at radius 3 is 1.79 bits per heavy atom. The van der Waals surface area contributed by atoms with Crippen molar-refractivity contribution in [3.63, 3.8) is 0 Å². The van der Waals surface area contributed by atoms with Crippen LogP contribution in [-0.4, -0.2) is 137 Å². The van der Waals surface area contributed by atoms with E-state index < -0.39 is 160 Å². The Labute approximate surface area is 413 Å². The second-order valence-corrected chi connectivity index (χ2v) is 24.6. The summed E-state index contributed by atoms with van der Waals surface area (Å²) in [6.07, 6.45) is 3.19. The zero-order valence-corrected chi connectivity index (χ0v) is 40.3. The number of esters is 3. The van der Waals surface area contributed by atoms with Crippen LogP contribution in [0.1, 0.15) is 103 Å². The van der Waals surface area contributed by atoms with E-state index in [9.17, 15) is 66.7 Å². The first-order chi connectivity index (χ1) is 34.0. The number of halogens is 10. The van der Waals surface area contributed by atoms with Crippen molar-refractivity contribution in [2.75, 3.05) is 52.9 Å². The lowest BCUT2D eigenvalue weighted by molar-refractivity contribution is -0.346. The largest absolute Gasteiger partial charge is 0.465 e. The highest BCUT2D eigenvalue weighted by Gasteiger charge is 2.71. The van der Waals surface area contributed by atoms with Crippen LogP contribution < -0.4 is 0 Å². The maximum absolute atomic E-state index is 14.5. The van der Waals surface area contributed by atoms with Gasteiger partial charge in [0.05, 0.1) is 29.5 Å². The van der Waals surface area contributed by atoms with Crippen molar-refractivity contribution in [2.24, 2.45) is 51.8 Å². The molecule has 0 amide bonds. The summed E-state index contributed by atoms with van der Waals surface area (Å²) in [6.45, 7) is -7.99. The molecule has 10 fully saturated rings. The molecule has 7 unspecified atom stereocenters. The second kappa shape index (κ2) is 18.1. The van der Waals surface area contributed by atoms with Gasteiger partial charge in [0.2, 0.25) is 0 Å². The van der Waals surface area contributed by atoms with E-state index in [1.807, 2.05) is 0 Å². The Hall–Kier alpha value is -2.88. The van der Waals surface area contributed by atoms with Crippen LogP contribution in [0.25, 0.3) is 0 Å². The Morgan fingerprint density at radius 2 is 1.21 bits per heavy atom. The summed E-state index contributed by atoms with van der Waals surface area (Å²) < 4.78 is 228. The molecule has 11 aliphatic rings. The second-order valence-electron chi connectivity index (χ2n) is 23.1. The molecule has 26 heteroatoms. The lowest BCUT2D eigenvalue weighted by atomic mass is 9.47. The zero-order valence-electron chi connectivity index (χ0n) is 39.5. The number of carbonyl (C=O) groups is 3. The minimum Gasteiger partial charge on any atom is -0.464 e. The predicted molar refractivity (Wildman–Crippen MR) is 223 cm³/mol. The summed E-state index contributed by atoms with van der Waals surface area (Å²) in [6, 6.07) is 0. The molecule has 15 nitrogen and oxygen atoms in total. The fourth-order valence-electron chi connectivity index (χ4n) is 14.4. The molecule has 3 aliphatic heterocycles. The lowest BCUT2D eigenvalue weighted by Gasteiger charge is -2.62. The van der Waals surface area contributed by atoms with Gasteiger partial charge in [0.1, 0.15) is 45.2 Å². The minimum absolute atomic E-state index is 0.00371. The molecule has 0 aromatic carbocycles. The van der Waals surface area contributed by atoms with Gasteiger partial charge in [0.15, 0.2) is 18.4 Å². The summed E-state index contributed by atoms with van der Waals surface area (Å²) >= 11 is 0. The van der Waals surface area contributed by atoms with Crippen LogP contribution in [0.3, 0.4) is 0 Å². The van der Waals surface area contributed by atoms with E-state index >= 15 is 0 Å². The van der Waals surface area contributed by atoms with Crippen LogP contribution in [0.15, 0.2) is 11.6 Å². The molecule has 0 aromatic rings. The van der Waals surface area contributed by atoms with Crippen molar-refractivity contribution in [1.82, 2.24) is 0 Å². The summed E-state index contributed by atoms with van der Waals surface area (Å²) in [5, 5.41) is -5.25. The fraction of sp³-hybridized carbons (Fsp3) is 0.894. The third-order valence-electron chi connectivity index (χ3n) is 17.8. The smallest absolute Gasteiger partial charge is 0.464 e. The number of hydrogen-bond acceptors (Lipinski definition) is 14. The van der Waals surface area contributed by atoms with Crippen molar-refractivity contribution < 1.29 is 114 Å². The van der Waals surface area contributed by atoms with E-state index in [0.29, 0.717) is 69.8 Å². The SMILES string of the molecule is O=C(OCC1(COC(=O)C23CC4CC(C2)C2(OCC(F)(F)C(F)(F)CO2)C(C4)C3)COC(C2C=C3CCCC(OC(=O)C(F)(F)S(=O)(=O)O)(C3)C2)OC1)C12CCCC(CC(C3OCC(F)(F)C(F)(F)CO3)C1)C2. The van der Waals surface area contributed by atoms with Crippen molar-refractivity contribution in [2.45, 2.75) is 156 Å². The van der Waals surface area contributed by atoms with Gasteiger partial charge in [-0.1, -0.05) is 24.5 Å². The third kappa shape index (κ3) is 9.39. The molecule has 3 heterocycles. The molecule has 8 aliphatic carbocycles. The van der Waals surface area contributed by atoms with Crippen molar-refractivity contribution in [1.29, 1.82) is 0 Å². The lowest BCUT2D eigenvalue weighted by Crippen LogP contribution is -2.65. The highest BCUT2D eigenvalue weighted by atomic mass is 32.2. The Morgan fingerprint density at radius 1 is 0.658 bits per heavy atom. The predicted octanol–water partition coefficient (Wildman–Crippen LogP) is 7.79. The molecule has 0 aromatic heterocycles. The molecule has 73 heavy (non-hydrogen) atoms.